The average molecular weight is 234 g/mol. The molecule has 1 N–H and O–H groups in total. The number of fused-ring (bicyclic) bond motifs is 1. The zero-order valence-electron chi connectivity index (χ0n) is 9.19. The van der Waals surface area contributed by atoms with Crippen LogP contribution < -0.4 is 5.69 Å². The molecular formula is C12H14N2OS. The number of aromatic nitrogens is 2. The Balaban J connectivity index is 2.27. The third kappa shape index (κ3) is 1.40. The van der Waals surface area contributed by atoms with E-state index in [0.717, 1.165) is 28.8 Å². The van der Waals surface area contributed by atoms with Crippen molar-refractivity contribution in [1.29, 1.82) is 0 Å². The molecule has 1 aromatic heterocycles. The predicted octanol–water partition coefficient (Wildman–Crippen LogP) is 2.66. The molecule has 1 aliphatic heterocycles. The highest BCUT2D eigenvalue weighted by Gasteiger charge is 2.21. The first-order valence-corrected chi connectivity index (χ1v) is 6.63. The van der Waals surface area contributed by atoms with Crippen LogP contribution >= 0.6 is 11.8 Å². The summed E-state index contributed by atoms with van der Waals surface area (Å²) in [6, 6.07) is 6.07. The second-order valence-electron chi connectivity index (χ2n) is 4.24. The molecule has 2 heterocycles. The lowest BCUT2D eigenvalue weighted by atomic mass is 10.2. The van der Waals surface area contributed by atoms with Gasteiger partial charge in [0.2, 0.25) is 0 Å². The fraction of sp³-hybridized carbons (Fsp3) is 0.417. The molecule has 1 fully saturated rings. The van der Waals surface area contributed by atoms with E-state index in [1.807, 2.05) is 41.5 Å². The van der Waals surface area contributed by atoms with Gasteiger partial charge in [0, 0.05) is 0 Å². The number of benzene rings is 1. The van der Waals surface area contributed by atoms with Crippen LogP contribution in [0.1, 0.15) is 23.8 Å². The molecule has 1 aromatic carbocycles. The van der Waals surface area contributed by atoms with Gasteiger partial charge in [-0.25, -0.2) is 4.79 Å². The standard InChI is InChI=1S/C12H14N2OS/c1-8-4-2-5-9-11(8)13-12(15)14(9)10-6-3-7-16-10/h2,4-5,10H,3,6-7H2,1H3,(H,13,15). The topological polar surface area (TPSA) is 37.8 Å². The number of nitrogens with zero attached hydrogens (tertiary/aromatic N) is 1. The highest BCUT2D eigenvalue weighted by molar-refractivity contribution is 7.99. The Morgan fingerprint density at radius 3 is 3.12 bits per heavy atom. The minimum Gasteiger partial charge on any atom is -0.305 e. The number of hydrogen-bond donors (Lipinski definition) is 1. The van der Waals surface area contributed by atoms with Crippen molar-refractivity contribution in [3.8, 4) is 0 Å². The van der Waals surface area contributed by atoms with Gasteiger partial charge in [-0.05, 0) is 37.1 Å². The summed E-state index contributed by atoms with van der Waals surface area (Å²) in [7, 11) is 0. The third-order valence-corrected chi connectivity index (χ3v) is 4.51. The van der Waals surface area contributed by atoms with E-state index < -0.39 is 0 Å². The van der Waals surface area contributed by atoms with E-state index >= 15 is 0 Å². The molecular weight excluding hydrogens is 220 g/mol. The van der Waals surface area contributed by atoms with E-state index in [9.17, 15) is 4.79 Å². The molecule has 16 heavy (non-hydrogen) atoms. The van der Waals surface area contributed by atoms with Crippen molar-refractivity contribution in [1.82, 2.24) is 9.55 Å². The summed E-state index contributed by atoms with van der Waals surface area (Å²) < 4.78 is 1.92. The van der Waals surface area contributed by atoms with Crippen molar-refractivity contribution in [2.75, 3.05) is 5.75 Å². The molecule has 1 atom stereocenters. The fourth-order valence-electron chi connectivity index (χ4n) is 2.34. The van der Waals surface area contributed by atoms with E-state index in [0.29, 0.717) is 5.37 Å². The van der Waals surface area contributed by atoms with Crippen molar-refractivity contribution >= 4 is 22.8 Å². The van der Waals surface area contributed by atoms with Gasteiger partial charge in [-0.3, -0.25) is 4.57 Å². The monoisotopic (exact) mass is 234 g/mol. The van der Waals surface area contributed by atoms with Crippen LogP contribution in [-0.2, 0) is 0 Å². The van der Waals surface area contributed by atoms with Crippen molar-refractivity contribution in [2.45, 2.75) is 25.1 Å². The van der Waals surface area contributed by atoms with Gasteiger partial charge in [0.15, 0.2) is 0 Å². The van der Waals surface area contributed by atoms with Crippen molar-refractivity contribution in [2.24, 2.45) is 0 Å². The minimum atomic E-state index is 0.0312. The summed E-state index contributed by atoms with van der Waals surface area (Å²) in [5.41, 5.74) is 3.20. The van der Waals surface area contributed by atoms with E-state index in [4.69, 9.17) is 0 Å². The van der Waals surface area contributed by atoms with Crippen LogP contribution in [0.25, 0.3) is 11.0 Å². The van der Waals surface area contributed by atoms with Crippen molar-refractivity contribution < 1.29 is 0 Å². The molecule has 4 heteroatoms. The first-order valence-electron chi connectivity index (χ1n) is 5.59. The molecule has 0 amide bonds. The van der Waals surface area contributed by atoms with Gasteiger partial charge in [-0.1, -0.05) is 12.1 Å². The Labute approximate surface area is 97.9 Å². The lowest BCUT2D eigenvalue weighted by Gasteiger charge is -2.10. The number of thioether (sulfide) groups is 1. The number of aromatic amines is 1. The number of para-hydroxylation sites is 1. The lowest BCUT2D eigenvalue weighted by Crippen LogP contribution is -2.18. The number of hydrogen-bond acceptors (Lipinski definition) is 2. The molecule has 1 saturated heterocycles. The third-order valence-electron chi connectivity index (χ3n) is 3.15. The average Bonchev–Trinajstić information content (AvgIpc) is 2.85. The molecule has 84 valence electrons. The molecule has 0 aliphatic carbocycles. The normalized spacial score (nSPS) is 20.7. The largest absolute Gasteiger partial charge is 0.327 e. The van der Waals surface area contributed by atoms with Crippen LogP contribution in [0.4, 0.5) is 0 Å². The highest BCUT2D eigenvalue weighted by atomic mass is 32.2. The molecule has 1 aliphatic rings. The van der Waals surface area contributed by atoms with Crippen LogP contribution in [0.15, 0.2) is 23.0 Å². The van der Waals surface area contributed by atoms with E-state index in [-0.39, 0.29) is 5.69 Å². The van der Waals surface area contributed by atoms with E-state index in [1.165, 1.54) is 6.42 Å². The van der Waals surface area contributed by atoms with Crippen LogP contribution in [0, 0.1) is 6.92 Å². The van der Waals surface area contributed by atoms with Gasteiger partial charge < -0.3 is 4.98 Å². The fourth-order valence-corrected chi connectivity index (χ4v) is 3.64. The molecule has 0 radical (unpaired) electrons. The smallest absolute Gasteiger partial charge is 0.305 e. The summed E-state index contributed by atoms with van der Waals surface area (Å²) >= 11 is 1.88. The Morgan fingerprint density at radius 2 is 2.38 bits per heavy atom. The number of rotatable bonds is 1. The van der Waals surface area contributed by atoms with E-state index in [2.05, 4.69) is 4.98 Å². The zero-order valence-corrected chi connectivity index (χ0v) is 10.0. The molecule has 0 bridgehead atoms. The van der Waals surface area contributed by atoms with Crippen molar-refractivity contribution in [3.63, 3.8) is 0 Å². The van der Waals surface area contributed by atoms with Gasteiger partial charge in [0.05, 0.1) is 16.4 Å². The number of aryl methyl sites for hydroxylation is 1. The summed E-state index contributed by atoms with van der Waals surface area (Å²) in [4.78, 5) is 14.9. The number of imidazole rings is 1. The summed E-state index contributed by atoms with van der Waals surface area (Å²) in [6.45, 7) is 2.03. The number of nitrogens with one attached hydrogen (secondary N) is 1. The highest BCUT2D eigenvalue weighted by Crippen LogP contribution is 2.36. The van der Waals surface area contributed by atoms with Gasteiger partial charge in [0.1, 0.15) is 0 Å². The summed E-state index contributed by atoms with van der Waals surface area (Å²) in [5, 5.41) is 0.322. The number of H-pyrrole nitrogens is 1. The second-order valence-corrected chi connectivity index (χ2v) is 5.52. The van der Waals surface area contributed by atoms with Gasteiger partial charge in [0.25, 0.3) is 0 Å². The van der Waals surface area contributed by atoms with Gasteiger partial charge in [-0.2, -0.15) is 0 Å². The Bertz CT molecular complexity index is 578. The molecule has 2 aromatic rings. The van der Waals surface area contributed by atoms with Gasteiger partial charge >= 0.3 is 5.69 Å². The Hall–Kier alpha value is -1.16. The molecule has 1 unspecified atom stereocenters. The van der Waals surface area contributed by atoms with Crippen LogP contribution in [-0.4, -0.2) is 15.3 Å². The quantitative estimate of drug-likeness (QED) is 0.823. The summed E-state index contributed by atoms with van der Waals surface area (Å²) in [6.07, 6.45) is 2.31. The molecule has 3 nitrogen and oxygen atoms in total. The second kappa shape index (κ2) is 3.70. The summed E-state index contributed by atoms with van der Waals surface area (Å²) in [5.74, 6) is 1.16. The predicted molar refractivity (Wildman–Crippen MR) is 68.0 cm³/mol. The first kappa shape index (κ1) is 10.0. The van der Waals surface area contributed by atoms with Crippen molar-refractivity contribution in [3.05, 3.63) is 34.2 Å². The Morgan fingerprint density at radius 1 is 1.50 bits per heavy atom. The van der Waals surface area contributed by atoms with E-state index in [1.54, 1.807) is 0 Å². The zero-order chi connectivity index (χ0) is 11.1. The maximum atomic E-state index is 12.0. The SMILES string of the molecule is Cc1cccc2c1[nH]c(=O)n2C1CCCS1. The van der Waals surface area contributed by atoms with Gasteiger partial charge in [-0.15, -0.1) is 11.8 Å². The van der Waals surface area contributed by atoms with Crippen LogP contribution in [0.5, 0.6) is 0 Å². The molecule has 0 saturated carbocycles. The first-order chi connectivity index (χ1) is 7.77. The molecule has 0 spiro atoms. The Kier molecular flexibility index (Phi) is 2.32. The van der Waals surface area contributed by atoms with Crippen LogP contribution in [0.3, 0.4) is 0 Å². The molecule has 3 rings (SSSR count). The maximum Gasteiger partial charge on any atom is 0.327 e. The minimum absolute atomic E-state index is 0.0312. The maximum absolute atomic E-state index is 12.0. The van der Waals surface area contributed by atoms with Crippen LogP contribution in [0.2, 0.25) is 0 Å². The lowest BCUT2D eigenvalue weighted by molar-refractivity contribution is 0.641.